The molecule has 5 heteroatoms. The topological polar surface area (TPSA) is 46.6 Å². The van der Waals surface area contributed by atoms with Crippen LogP contribution < -0.4 is 0 Å². The second kappa shape index (κ2) is 5.16. The molecule has 1 atom stereocenters. The van der Waals surface area contributed by atoms with Gasteiger partial charge >= 0.3 is 0 Å². The van der Waals surface area contributed by atoms with E-state index in [1.54, 1.807) is 0 Å². The van der Waals surface area contributed by atoms with E-state index in [4.69, 9.17) is 4.74 Å². The number of nitrogens with zero attached hydrogens (tertiary/aromatic N) is 1. The quantitative estimate of drug-likeness (QED) is 0.802. The predicted octanol–water partition coefficient (Wildman–Crippen LogP) is 1.41. The fraction of sp³-hybridized carbons (Fsp3) is 0.500. The summed E-state index contributed by atoms with van der Waals surface area (Å²) in [5.41, 5.74) is 1.11. The Bertz CT molecular complexity index is 458. The maximum absolute atomic E-state index is 11.5. The Morgan fingerprint density at radius 3 is 2.59 bits per heavy atom. The first-order valence-corrected chi connectivity index (χ1v) is 7.54. The Morgan fingerprint density at radius 1 is 1.24 bits per heavy atom. The third kappa shape index (κ3) is 3.28. The van der Waals surface area contributed by atoms with Gasteiger partial charge < -0.3 is 4.74 Å². The fourth-order valence-corrected chi connectivity index (χ4v) is 2.86. The summed E-state index contributed by atoms with van der Waals surface area (Å²) in [6, 6.07) is 9.93. The molecule has 0 aliphatic carbocycles. The van der Waals surface area contributed by atoms with Crippen LogP contribution in [0.5, 0.6) is 0 Å². The van der Waals surface area contributed by atoms with Crippen LogP contribution >= 0.6 is 0 Å². The molecule has 0 aromatic heterocycles. The number of sulfonamides is 1. The van der Waals surface area contributed by atoms with Crippen LogP contribution in [0.15, 0.2) is 30.3 Å². The molecule has 1 aliphatic heterocycles. The van der Waals surface area contributed by atoms with Crippen LogP contribution in [0.25, 0.3) is 0 Å². The first-order chi connectivity index (χ1) is 8.07. The van der Waals surface area contributed by atoms with Gasteiger partial charge in [-0.2, -0.15) is 4.31 Å². The summed E-state index contributed by atoms with van der Waals surface area (Å²) in [4.78, 5) is 0. The number of rotatable bonds is 2. The van der Waals surface area contributed by atoms with E-state index in [1.165, 1.54) is 10.6 Å². The van der Waals surface area contributed by atoms with Crippen molar-refractivity contribution < 1.29 is 13.2 Å². The van der Waals surface area contributed by atoms with E-state index in [-0.39, 0.29) is 6.10 Å². The van der Waals surface area contributed by atoms with E-state index in [2.05, 4.69) is 0 Å². The molecule has 1 fully saturated rings. The van der Waals surface area contributed by atoms with E-state index in [1.807, 2.05) is 30.3 Å². The van der Waals surface area contributed by atoms with E-state index >= 15 is 0 Å². The minimum absolute atomic E-state index is 0.00273. The lowest BCUT2D eigenvalue weighted by Crippen LogP contribution is -2.32. The van der Waals surface area contributed by atoms with Crippen molar-refractivity contribution in [2.24, 2.45) is 0 Å². The monoisotopic (exact) mass is 255 g/mol. The second-order valence-electron chi connectivity index (χ2n) is 4.22. The first kappa shape index (κ1) is 12.5. The Morgan fingerprint density at radius 2 is 1.94 bits per heavy atom. The number of hydrogen-bond donors (Lipinski definition) is 0. The van der Waals surface area contributed by atoms with Crippen LogP contribution in [0.1, 0.15) is 18.1 Å². The fourth-order valence-electron chi connectivity index (χ4n) is 2.02. The van der Waals surface area contributed by atoms with Crippen molar-refractivity contribution in [1.82, 2.24) is 4.31 Å². The smallest absolute Gasteiger partial charge is 0.211 e. The van der Waals surface area contributed by atoms with Gasteiger partial charge in [0.25, 0.3) is 0 Å². The van der Waals surface area contributed by atoms with Crippen molar-refractivity contribution in [3.05, 3.63) is 35.9 Å². The lowest BCUT2D eigenvalue weighted by Gasteiger charge is -2.16. The highest BCUT2D eigenvalue weighted by molar-refractivity contribution is 7.88. The predicted molar refractivity (Wildman–Crippen MR) is 66.2 cm³/mol. The van der Waals surface area contributed by atoms with Gasteiger partial charge in [-0.3, -0.25) is 0 Å². The summed E-state index contributed by atoms with van der Waals surface area (Å²) in [6.07, 6.45) is 1.95. The summed E-state index contributed by atoms with van der Waals surface area (Å²) in [6.45, 7) is 1.42. The Balaban J connectivity index is 2.06. The van der Waals surface area contributed by atoms with Crippen molar-refractivity contribution in [3.8, 4) is 0 Å². The number of hydrogen-bond acceptors (Lipinski definition) is 3. The van der Waals surface area contributed by atoms with Crippen molar-refractivity contribution >= 4 is 10.0 Å². The van der Waals surface area contributed by atoms with E-state index in [9.17, 15) is 8.42 Å². The van der Waals surface area contributed by atoms with Crippen LogP contribution in [-0.2, 0) is 14.8 Å². The van der Waals surface area contributed by atoms with Crippen LogP contribution in [0.4, 0.5) is 0 Å². The molecule has 1 aromatic rings. The lowest BCUT2D eigenvalue weighted by atomic mass is 10.1. The molecule has 17 heavy (non-hydrogen) atoms. The van der Waals surface area contributed by atoms with Crippen LogP contribution in [-0.4, -0.2) is 38.7 Å². The second-order valence-corrected chi connectivity index (χ2v) is 6.20. The molecule has 0 N–H and O–H groups in total. The number of ether oxygens (including phenoxy) is 1. The maximum atomic E-state index is 11.5. The zero-order valence-corrected chi connectivity index (χ0v) is 10.7. The van der Waals surface area contributed by atoms with E-state index < -0.39 is 10.0 Å². The molecule has 4 nitrogen and oxygen atoms in total. The molecule has 0 saturated carbocycles. The molecular weight excluding hydrogens is 238 g/mol. The average Bonchev–Trinajstić information content (AvgIpc) is 2.55. The molecule has 2 rings (SSSR count). The van der Waals surface area contributed by atoms with Gasteiger partial charge in [0.05, 0.1) is 19.0 Å². The minimum atomic E-state index is -3.10. The zero-order chi connectivity index (χ0) is 12.3. The van der Waals surface area contributed by atoms with Gasteiger partial charge in [-0.25, -0.2) is 8.42 Å². The van der Waals surface area contributed by atoms with Gasteiger partial charge in [0.2, 0.25) is 10.0 Å². The summed E-state index contributed by atoms with van der Waals surface area (Å²) in [7, 11) is -3.10. The Labute approximate surface area is 102 Å². The maximum Gasteiger partial charge on any atom is 0.211 e. The standard InChI is InChI=1S/C12H17NO3S/c1-17(14,15)13-8-7-12(16-10-9-13)11-5-3-2-4-6-11/h2-6,12H,7-10H2,1H3. The lowest BCUT2D eigenvalue weighted by molar-refractivity contribution is 0.0633. The molecule has 1 aromatic carbocycles. The van der Waals surface area contributed by atoms with Gasteiger partial charge in [0.1, 0.15) is 0 Å². The molecule has 94 valence electrons. The minimum Gasteiger partial charge on any atom is -0.372 e. The number of benzene rings is 1. The molecule has 1 heterocycles. The highest BCUT2D eigenvalue weighted by atomic mass is 32.2. The van der Waals surface area contributed by atoms with Crippen LogP contribution in [0.3, 0.4) is 0 Å². The highest BCUT2D eigenvalue weighted by Crippen LogP contribution is 2.24. The molecule has 0 amide bonds. The zero-order valence-electron chi connectivity index (χ0n) is 9.87. The van der Waals surface area contributed by atoms with Gasteiger partial charge in [-0.1, -0.05) is 30.3 Å². The molecule has 0 bridgehead atoms. The van der Waals surface area contributed by atoms with Gasteiger partial charge in [0.15, 0.2) is 0 Å². The van der Waals surface area contributed by atoms with Crippen LogP contribution in [0.2, 0.25) is 0 Å². The molecule has 0 radical (unpaired) electrons. The van der Waals surface area contributed by atoms with Gasteiger partial charge in [-0.05, 0) is 12.0 Å². The average molecular weight is 255 g/mol. The third-order valence-electron chi connectivity index (χ3n) is 2.94. The highest BCUT2D eigenvalue weighted by Gasteiger charge is 2.23. The first-order valence-electron chi connectivity index (χ1n) is 5.69. The summed E-state index contributed by atoms with van der Waals surface area (Å²) < 4.78 is 30.1. The molecular formula is C12H17NO3S. The van der Waals surface area contributed by atoms with Gasteiger partial charge in [0, 0.05) is 13.1 Å². The summed E-state index contributed by atoms with van der Waals surface area (Å²) >= 11 is 0. The molecule has 1 unspecified atom stereocenters. The van der Waals surface area contributed by atoms with Crippen molar-refractivity contribution in [2.75, 3.05) is 26.0 Å². The normalized spacial score (nSPS) is 23.2. The summed E-state index contributed by atoms with van der Waals surface area (Å²) in [5.74, 6) is 0. The van der Waals surface area contributed by atoms with Gasteiger partial charge in [-0.15, -0.1) is 0 Å². The summed E-state index contributed by atoms with van der Waals surface area (Å²) in [5, 5.41) is 0. The molecule has 0 spiro atoms. The largest absolute Gasteiger partial charge is 0.372 e. The molecule has 1 saturated heterocycles. The third-order valence-corrected chi connectivity index (χ3v) is 4.24. The van der Waals surface area contributed by atoms with Crippen molar-refractivity contribution in [2.45, 2.75) is 12.5 Å². The van der Waals surface area contributed by atoms with E-state index in [0.717, 1.165) is 5.56 Å². The van der Waals surface area contributed by atoms with Crippen molar-refractivity contribution in [3.63, 3.8) is 0 Å². The Kier molecular flexibility index (Phi) is 3.81. The van der Waals surface area contributed by atoms with Crippen LogP contribution in [0, 0.1) is 0 Å². The SMILES string of the molecule is CS(=O)(=O)N1CCOC(c2ccccc2)CC1. The van der Waals surface area contributed by atoms with E-state index in [0.29, 0.717) is 26.1 Å². The van der Waals surface area contributed by atoms with Crippen molar-refractivity contribution in [1.29, 1.82) is 0 Å². The molecule has 1 aliphatic rings. The Hall–Kier alpha value is -0.910.